The van der Waals surface area contributed by atoms with Crippen molar-refractivity contribution in [2.45, 2.75) is 18.6 Å². The highest BCUT2D eigenvalue weighted by atomic mass is 35.5. The maximum absolute atomic E-state index is 12.8. The first-order valence-electron chi connectivity index (χ1n) is 12.1. The van der Waals surface area contributed by atoms with E-state index in [0.29, 0.717) is 44.5 Å². The van der Waals surface area contributed by atoms with Crippen LogP contribution in [0.25, 0.3) is 5.69 Å². The Balaban J connectivity index is 1.53. The second-order valence-electron chi connectivity index (χ2n) is 8.43. The number of hydrogen-bond acceptors (Lipinski definition) is 8. The molecular formula is C28H28ClN5O5S. The molecule has 0 aliphatic carbocycles. The number of rotatable bonds is 11. The molecule has 0 radical (unpaired) electrons. The van der Waals surface area contributed by atoms with E-state index in [4.69, 9.17) is 25.8 Å². The van der Waals surface area contributed by atoms with Gasteiger partial charge >= 0.3 is 0 Å². The fourth-order valence-corrected chi connectivity index (χ4v) is 4.74. The number of anilines is 1. The fourth-order valence-electron chi connectivity index (χ4n) is 3.81. The Morgan fingerprint density at radius 2 is 1.68 bits per heavy atom. The number of nitrogens with one attached hydrogen (secondary N) is 2. The minimum Gasteiger partial charge on any atom is -0.497 e. The minimum absolute atomic E-state index is 0.0468. The van der Waals surface area contributed by atoms with E-state index < -0.39 is 0 Å². The maximum atomic E-state index is 12.8. The molecule has 4 aromatic rings. The van der Waals surface area contributed by atoms with Gasteiger partial charge in [-0.05, 0) is 61.0 Å². The van der Waals surface area contributed by atoms with Crippen LogP contribution < -0.4 is 24.8 Å². The second kappa shape index (κ2) is 13.2. The molecule has 208 valence electrons. The number of benzene rings is 3. The number of thioether (sulfide) groups is 1. The molecule has 3 aromatic carbocycles. The largest absolute Gasteiger partial charge is 0.497 e. The van der Waals surface area contributed by atoms with Gasteiger partial charge in [0.2, 0.25) is 5.91 Å². The molecule has 40 heavy (non-hydrogen) atoms. The van der Waals surface area contributed by atoms with Crippen LogP contribution in [0.2, 0.25) is 5.02 Å². The van der Waals surface area contributed by atoms with E-state index in [0.717, 1.165) is 11.3 Å². The van der Waals surface area contributed by atoms with Crippen LogP contribution in [0.3, 0.4) is 0 Å². The van der Waals surface area contributed by atoms with E-state index >= 15 is 0 Å². The second-order valence-corrected chi connectivity index (χ2v) is 9.78. The number of carbonyl (C=O) groups is 2. The number of halogens is 1. The van der Waals surface area contributed by atoms with E-state index in [2.05, 4.69) is 20.8 Å². The van der Waals surface area contributed by atoms with Crippen molar-refractivity contribution in [3.8, 4) is 22.9 Å². The van der Waals surface area contributed by atoms with Gasteiger partial charge in [0, 0.05) is 16.7 Å². The third-order valence-electron chi connectivity index (χ3n) is 5.95. The van der Waals surface area contributed by atoms with Crippen molar-refractivity contribution >= 4 is 40.9 Å². The molecule has 0 bridgehead atoms. The van der Waals surface area contributed by atoms with Crippen LogP contribution in [0.4, 0.5) is 5.69 Å². The zero-order chi connectivity index (χ0) is 28.6. The van der Waals surface area contributed by atoms with Gasteiger partial charge in [-0.15, -0.1) is 10.2 Å². The summed E-state index contributed by atoms with van der Waals surface area (Å²) in [5.41, 5.74) is 2.54. The van der Waals surface area contributed by atoms with Crippen LogP contribution in [0.1, 0.15) is 21.7 Å². The first kappa shape index (κ1) is 28.8. The lowest BCUT2D eigenvalue weighted by Gasteiger charge is -2.14. The number of methoxy groups -OCH3 is 3. The van der Waals surface area contributed by atoms with Gasteiger partial charge < -0.3 is 24.8 Å². The summed E-state index contributed by atoms with van der Waals surface area (Å²) in [6.07, 6.45) is 0. The highest BCUT2D eigenvalue weighted by molar-refractivity contribution is 7.99. The maximum Gasteiger partial charge on any atom is 0.251 e. The molecular weight excluding hydrogens is 554 g/mol. The number of amides is 2. The first-order valence-corrected chi connectivity index (χ1v) is 13.5. The standard InChI is InChI=1S/C28H28ClN5O5S/c1-17-21(29)6-5-7-23(17)34-25(15-30-27(36)18-8-10-19(37-2)11-9-18)32-33-28(34)40-16-26(35)31-22-13-12-20(38-3)14-24(22)39-4/h5-14H,15-16H2,1-4H3,(H,30,36)(H,31,35). The summed E-state index contributed by atoms with van der Waals surface area (Å²) in [5.74, 6) is 1.73. The zero-order valence-corrected chi connectivity index (χ0v) is 23.9. The van der Waals surface area contributed by atoms with E-state index in [1.807, 2.05) is 19.1 Å². The Labute approximate surface area is 241 Å². The predicted octanol–water partition coefficient (Wildman–Crippen LogP) is 4.92. The van der Waals surface area contributed by atoms with Crippen molar-refractivity contribution in [2.75, 3.05) is 32.4 Å². The topological polar surface area (TPSA) is 117 Å². The molecule has 4 rings (SSSR count). The molecule has 0 spiro atoms. The Kier molecular flexibility index (Phi) is 9.52. The average Bonchev–Trinajstić information content (AvgIpc) is 3.38. The Morgan fingerprint density at radius 3 is 2.38 bits per heavy atom. The normalized spacial score (nSPS) is 10.6. The summed E-state index contributed by atoms with van der Waals surface area (Å²) < 4.78 is 17.5. The summed E-state index contributed by atoms with van der Waals surface area (Å²) in [7, 11) is 4.64. The first-order chi connectivity index (χ1) is 19.3. The van der Waals surface area contributed by atoms with Crippen LogP contribution in [-0.4, -0.2) is 53.7 Å². The number of hydrogen-bond donors (Lipinski definition) is 2. The quantitative estimate of drug-likeness (QED) is 0.240. The summed E-state index contributed by atoms with van der Waals surface area (Å²) in [5, 5.41) is 15.4. The summed E-state index contributed by atoms with van der Waals surface area (Å²) in [6.45, 7) is 1.98. The summed E-state index contributed by atoms with van der Waals surface area (Å²) in [4.78, 5) is 25.6. The van der Waals surface area contributed by atoms with Crippen molar-refractivity contribution in [2.24, 2.45) is 0 Å². The van der Waals surface area contributed by atoms with Crippen molar-refractivity contribution in [1.82, 2.24) is 20.1 Å². The summed E-state index contributed by atoms with van der Waals surface area (Å²) >= 11 is 7.61. The third kappa shape index (κ3) is 6.67. The van der Waals surface area contributed by atoms with Gasteiger partial charge in [-0.25, -0.2) is 0 Å². The monoisotopic (exact) mass is 581 g/mol. The molecule has 12 heteroatoms. The molecule has 2 N–H and O–H groups in total. The molecule has 10 nitrogen and oxygen atoms in total. The van der Waals surface area contributed by atoms with Crippen molar-refractivity contribution in [1.29, 1.82) is 0 Å². The van der Waals surface area contributed by atoms with E-state index in [1.165, 1.54) is 18.9 Å². The van der Waals surface area contributed by atoms with E-state index in [1.54, 1.807) is 67.3 Å². The fraction of sp³-hybridized carbons (Fsp3) is 0.214. The lowest BCUT2D eigenvalue weighted by molar-refractivity contribution is -0.113. The van der Waals surface area contributed by atoms with Gasteiger partial charge in [-0.3, -0.25) is 14.2 Å². The van der Waals surface area contributed by atoms with Gasteiger partial charge in [0.25, 0.3) is 5.91 Å². The Hall–Kier alpha value is -4.22. The molecule has 0 saturated carbocycles. The lowest BCUT2D eigenvalue weighted by Crippen LogP contribution is -2.24. The zero-order valence-electron chi connectivity index (χ0n) is 22.4. The van der Waals surface area contributed by atoms with Crippen molar-refractivity contribution in [3.63, 3.8) is 0 Å². The van der Waals surface area contributed by atoms with Crippen LogP contribution in [0.5, 0.6) is 17.2 Å². The van der Waals surface area contributed by atoms with Crippen molar-refractivity contribution in [3.05, 3.63) is 82.6 Å². The molecule has 0 unspecified atom stereocenters. The Morgan fingerprint density at radius 1 is 0.950 bits per heavy atom. The van der Waals surface area contributed by atoms with E-state index in [9.17, 15) is 9.59 Å². The van der Waals surface area contributed by atoms with Crippen LogP contribution in [-0.2, 0) is 11.3 Å². The highest BCUT2D eigenvalue weighted by Crippen LogP contribution is 2.30. The number of nitrogens with zero attached hydrogens (tertiary/aromatic N) is 3. The van der Waals surface area contributed by atoms with Gasteiger partial charge in [-0.1, -0.05) is 29.4 Å². The molecule has 0 aliphatic rings. The number of ether oxygens (including phenoxy) is 3. The van der Waals surface area contributed by atoms with Gasteiger partial charge in [-0.2, -0.15) is 0 Å². The number of carbonyl (C=O) groups excluding carboxylic acids is 2. The molecule has 0 aliphatic heterocycles. The SMILES string of the molecule is COc1ccc(C(=O)NCc2nnc(SCC(=O)Nc3ccc(OC)cc3OC)n2-c2cccc(Cl)c2C)cc1. The molecule has 0 saturated heterocycles. The molecule has 1 aromatic heterocycles. The van der Waals surface area contributed by atoms with E-state index in [-0.39, 0.29) is 24.1 Å². The van der Waals surface area contributed by atoms with Crippen LogP contribution >= 0.6 is 23.4 Å². The third-order valence-corrected chi connectivity index (χ3v) is 7.29. The molecule has 0 fully saturated rings. The molecule has 0 atom stereocenters. The van der Waals surface area contributed by atoms with Crippen LogP contribution in [0.15, 0.2) is 65.8 Å². The van der Waals surface area contributed by atoms with Gasteiger partial charge in [0.05, 0.1) is 45.0 Å². The van der Waals surface area contributed by atoms with Crippen molar-refractivity contribution < 1.29 is 23.8 Å². The molecule has 1 heterocycles. The minimum atomic E-state index is -0.276. The van der Waals surface area contributed by atoms with Crippen LogP contribution in [0, 0.1) is 6.92 Å². The predicted molar refractivity (Wildman–Crippen MR) is 154 cm³/mol. The molecule has 2 amide bonds. The van der Waals surface area contributed by atoms with Gasteiger partial charge in [0.1, 0.15) is 17.2 Å². The highest BCUT2D eigenvalue weighted by Gasteiger charge is 2.19. The van der Waals surface area contributed by atoms with Gasteiger partial charge in [0.15, 0.2) is 11.0 Å². The average molecular weight is 582 g/mol. The Bertz CT molecular complexity index is 1510. The number of aromatic nitrogens is 3. The summed E-state index contributed by atoms with van der Waals surface area (Å²) in [6, 6.07) is 17.4. The smallest absolute Gasteiger partial charge is 0.251 e. The lowest BCUT2D eigenvalue weighted by atomic mass is 10.2.